The van der Waals surface area contributed by atoms with Crippen LogP contribution >= 0.6 is 12.4 Å². The molecule has 2 amide bonds. The molecule has 0 aromatic rings. The molecule has 4 saturated heterocycles. The highest BCUT2D eigenvalue weighted by molar-refractivity contribution is 5.85. The third kappa shape index (κ3) is 3.43. The molecule has 5 fully saturated rings. The van der Waals surface area contributed by atoms with Crippen LogP contribution in [0.1, 0.15) is 44.9 Å². The van der Waals surface area contributed by atoms with Crippen LogP contribution in [0.4, 0.5) is 0 Å². The maximum absolute atomic E-state index is 13.0. The number of piperidine rings is 2. The number of amides is 2. The molecule has 0 radical (unpaired) electrons. The smallest absolute Gasteiger partial charge is 0.226 e. The van der Waals surface area contributed by atoms with Crippen LogP contribution in [0.25, 0.3) is 0 Å². The highest BCUT2D eigenvalue weighted by Gasteiger charge is 2.39. The van der Waals surface area contributed by atoms with E-state index in [0.29, 0.717) is 23.8 Å². The quantitative estimate of drug-likeness (QED) is 0.819. The van der Waals surface area contributed by atoms with Gasteiger partial charge in [0.25, 0.3) is 0 Å². The van der Waals surface area contributed by atoms with Gasteiger partial charge in [-0.1, -0.05) is 6.42 Å². The minimum atomic E-state index is 0. The van der Waals surface area contributed by atoms with E-state index in [1.165, 1.54) is 12.8 Å². The number of carbonyl (C=O) groups excluding carboxylic acids is 2. The second-order valence-electron chi connectivity index (χ2n) is 7.97. The summed E-state index contributed by atoms with van der Waals surface area (Å²) in [5.74, 6) is 1.77. The number of rotatable bonds is 2. The van der Waals surface area contributed by atoms with Crippen molar-refractivity contribution in [1.29, 1.82) is 0 Å². The van der Waals surface area contributed by atoms with Gasteiger partial charge in [0.2, 0.25) is 11.8 Å². The van der Waals surface area contributed by atoms with Gasteiger partial charge in [-0.25, -0.2) is 0 Å². The molecule has 0 spiro atoms. The maximum Gasteiger partial charge on any atom is 0.226 e. The van der Waals surface area contributed by atoms with Crippen molar-refractivity contribution in [3.8, 4) is 0 Å². The number of hydrogen-bond acceptors (Lipinski definition) is 3. The zero-order valence-corrected chi connectivity index (χ0v) is 15.2. The first-order valence-electron chi connectivity index (χ1n) is 9.52. The third-order valence-corrected chi connectivity index (χ3v) is 6.51. The molecule has 5 rings (SSSR count). The number of hydrogen-bond donors (Lipinski definition) is 1. The summed E-state index contributed by atoms with van der Waals surface area (Å²) in [6, 6.07) is 0.399. The van der Waals surface area contributed by atoms with Crippen molar-refractivity contribution >= 4 is 24.2 Å². The standard InChI is InChI=1S/C18H29N3O2.ClH/c22-17(14-2-1-3-14)20-8-6-15(7-9-20)18(23)21-12-13-4-5-16(21)11-19-10-13;/h13-16,19H,1-12H2;1H/t13-,16+;/m1./s1. The highest BCUT2D eigenvalue weighted by Crippen LogP contribution is 2.31. The predicted molar refractivity (Wildman–Crippen MR) is 95.0 cm³/mol. The molecule has 24 heavy (non-hydrogen) atoms. The number of halogens is 1. The molecule has 2 bridgehead atoms. The summed E-state index contributed by atoms with van der Waals surface area (Å²) in [4.78, 5) is 29.5. The van der Waals surface area contributed by atoms with Gasteiger partial charge in [0.15, 0.2) is 0 Å². The first-order valence-corrected chi connectivity index (χ1v) is 9.52. The average molecular weight is 356 g/mol. The summed E-state index contributed by atoms with van der Waals surface area (Å²) in [6.45, 7) is 4.53. The molecule has 136 valence electrons. The predicted octanol–water partition coefficient (Wildman–Crippen LogP) is 1.66. The number of nitrogens with one attached hydrogen (secondary N) is 1. The van der Waals surface area contributed by atoms with Gasteiger partial charge in [0.05, 0.1) is 0 Å². The van der Waals surface area contributed by atoms with Crippen molar-refractivity contribution in [2.75, 3.05) is 32.7 Å². The molecule has 4 heterocycles. The van der Waals surface area contributed by atoms with E-state index in [4.69, 9.17) is 0 Å². The number of likely N-dealkylation sites (tertiary alicyclic amines) is 1. The van der Waals surface area contributed by atoms with E-state index in [-0.39, 0.29) is 24.2 Å². The Kier molecular flexibility index (Phi) is 5.70. The van der Waals surface area contributed by atoms with Gasteiger partial charge in [0.1, 0.15) is 0 Å². The van der Waals surface area contributed by atoms with Crippen LogP contribution in [0.2, 0.25) is 0 Å². The van der Waals surface area contributed by atoms with E-state index in [2.05, 4.69) is 10.2 Å². The van der Waals surface area contributed by atoms with E-state index < -0.39 is 0 Å². The van der Waals surface area contributed by atoms with Crippen molar-refractivity contribution in [3.05, 3.63) is 0 Å². The van der Waals surface area contributed by atoms with E-state index >= 15 is 0 Å². The molecular weight excluding hydrogens is 326 g/mol. The van der Waals surface area contributed by atoms with Gasteiger partial charge >= 0.3 is 0 Å². The summed E-state index contributed by atoms with van der Waals surface area (Å²) in [5.41, 5.74) is 0. The van der Waals surface area contributed by atoms with Crippen LogP contribution in [0.5, 0.6) is 0 Å². The first-order chi connectivity index (χ1) is 11.2. The van der Waals surface area contributed by atoms with Gasteiger partial charge in [-0.15, -0.1) is 12.4 Å². The van der Waals surface area contributed by atoms with Gasteiger partial charge < -0.3 is 15.1 Å². The fourth-order valence-corrected chi connectivity index (χ4v) is 4.70. The lowest BCUT2D eigenvalue weighted by molar-refractivity contribution is -0.146. The molecule has 5 nitrogen and oxygen atoms in total. The number of carbonyl (C=O) groups is 2. The average Bonchev–Trinajstić information content (AvgIpc) is 2.88. The molecule has 1 N–H and O–H groups in total. The Balaban J connectivity index is 0.00000169. The maximum atomic E-state index is 13.0. The summed E-state index contributed by atoms with van der Waals surface area (Å²) < 4.78 is 0. The van der Waals surface area contributed by atoms with Gasteiger partial charge in [-0.3, -0.25) is 9.59 Å². The zero-order valence-electron chi connectivity index (χ0n) is 14.4. The normalized spacial score (nSPS) is 31.2. The van der Waals surface area contributed by atoms with Crippen molar-refractivity contribution in [3.63, 3.8) is 0 Å². The number of nitrogens with zero attached hydrogens (tertiary/aromatic N) is 2. The molecule has 0 unspecified atom stereocenters. The molecule has 2 atom stereocenters. The summed E-state index contributed by atoms with van der Waals surface area (Å²) in [7, 11) is 0. The fraction of sp³-hybridized carbons (Fsp3) is 0.889. The Morgan fingerprint density at radius 1 is 0.833 bits per heavy atom. The lowest BCUT2D eigenvalue weighted by Crippen LogP contribution is -2.52. The monoisotopic (exact) mass is 355 g/mol. The summed E-state index contributed by atoms with van der Waals surface area (Å²) >= 11 is 0. The SMILES string of the molecule is Cl.O=C(C1CCC1)N1CCC(C(=O)N2C[C@@H]3CC[C@H]2CNC3)CC1. The lowest BCUT2D eigenvalue weighted by atomic mass is 9.83. The minimum absolute atomic E-state index is 0. The molecule has 4 aliphatic heterocycles. The van der Waals surface area contributed by atoms with Crippen LogP contribution < -0.4 is 5.32 Å². The second-order valence-corrected chi connectivity index (χ2v) is 7.97. The first kappa shape index (κ1) is 18.0. The Hall–Kier alpha value is -0.810. The topological polar surface area (TPSA) is 52.7 Å². The lowest BCUT2D eigenvalue weighted by Gasteiger charge is -2.41. The highest BCUT2D eigenvalue weighted by atomic mass is 35.5. The summed E-state index contributed by atoms with van der Waals surface area (Å²) in [6.07, 6.45) is 7.48. The van der Waals surface area contributed by atoms with E-state index in [0.717, 1.165) is 64.8 Å². The molecule has 0 aromatic carbocycles. The van der Waals surface area contributed by atoms with E-state index in [9.17, 15) is 9.59 Å². The van der Waals surface area contributed by atoms with Gasteiger partial charge in [0, 0.05) is 44.1 Å². The molecule has 0 aromatic heterocycles. The van der Waals surface area contributed by atoms with Crippen molar-refractivity contribution in [1.82, 2.24) is 15.1 Å². The Bertz CT molecular complexity index is 471. The fourth-order valence-electron chi connectivity index (χ4n) is 4.70. The van der Waals surface area contributed by atoms with Gasteiger partial charge in [-0.2, -0.15) is 0 Å². The molecule has 1 saturated carbocycles. The van der Waals surface area contributed by atoms with Crippen LogP contribution in [-0.4, -0.2) is 60.4 Å². The molecular formula is C18H30ClN3O2. The Morgan fingerprint density at radius 3 is 2.21 bits per heavy atom. The second kappa shape index (κ2) is 7.61. The minimum Gasteiger partial charge on any atom is -0.342 e. The third-order valence-electron chi connectivity index (χ3n) is 6.51. The summed E-state index contributed by atoms with van der Waals surface area (Å²) in [5, 5.41) is 3.50. The van der Waals surface area contributed by atoms with E-state index in [1.54, 1.807) is 0 Å². The van der Waals surface area contributed by atoms with Crippen LogP contribution in [0.3, 0.4) is 0 Å². The Morgan fingerprint density at radius 2 is 1.54 bits per heavy atom. The van der Waals surface area contributed by atoms with Crippen LogP contribution in [0.15, 0.2) is 0 Å². The van der Waals surface area contributed by atoms with E-state index in [1.807, 2.05) is 4.90 Å². The van der Waals surface area contributed by atoms with Crippen molar-refractivity contribution < 1.29 is 9.59 Å². The molecule has 5 aliphatic rings. The Labute approximate surface area is 150 Å². The van der Waals surface area contributed by atoms with Gasteiger partial charge in [-0.05, 0) is 51.0 Å². The number of fused-ring (bicyclic) bond motifs is 4. The van der Waals surface area contributed by atoms with Crippen LogP contribution in [0, 0.1) is 17.8 Å². The van der Waals surface area contributed by atoms with Crippen molar-refractivity contribution in [2.24, 2.45) is 17.8 Å². The van der Waals surface area contributed by atoms with Crippen LogP contribution in [-0.2, 0) is 9.59 Å². The molecule has 1 aliphatic carbocycles. The molecule has 6 heteroatoms. The zero-order chi connectivity index (χ0) is 15.8. The largest absolute Gasteiger partial charge is 0.342 e. The van der Waals surface area contributed by atoms with Crippen molar-refractivity contribution in [2.45, 2.75) is 51.0 Å².